The van der Waals surface area contributed by atoms with Gasteiger partial charge in [0.2, 0.25) is 0 Å². The van der Waals surface area contributed by atoms with E-state index in [0.717, 1.165) is 22.7 Å². The zero-order valence-corrected chi connectivity index (χ0v) is 12.1. The number of hydrogen-bond acceptors (Lipinski definition) is 3. The quantitative estimate of drug-likeness (QED) is 0.792. The number of carbonyl (C=O) groups is 1. The van der Waals surface area contributed by atoms with Gasteiger partial charge in [0.25, 0.3) is 0 Å². The van der Waals surface area contributed by atoms with E-state index >= 15 is 0 Å². The summed E-state index contributed by atoms with van der Waals surface area (Å²) in [5.74, 6) is 0.140. The molecule has 0 aromatic carbocycles. The molecule has 0 N–H and O–H groups in total. The molecule has 0 spiro atoms. The summed E-state index contributed by atoms with van der Waals surface area (Å²) < 4.78 is 1.82. The fourth-order valence-electron chi connectivity index (χ4n) is 2.20. The van der Waals surface area contributed by atoms with Crippen molar-refractivity contribution in [1.82, 2.24) is 9.78 Å². The minimum absolute atomic E-state index is 0.140. The molecule has 3 nitrogen and oxygen atoms in total. The van der Waals surface area contributed by atoms with Crippen LogP contribution in [0.1, 0.15) is 38.4 Å². The van der Waals surface area contributed by atoms with Crippen LogP contribution < -0.4 is 0 Å². The Kier molecular flexibility index (Phi) is 3.66. The van der Waals surface area contributed by atoms with Crippen molar-refractivity contribution < 1.29 is 4.79 Å². The molecule has 0 unspecified atom stereocenters. The van der Waals surface area contributed by atoms with Crippen LogP contribution >= 0.6 is 11.3 Å². The molecule has 2 aromatic heterocycles. The van der Waals surface area contributed by atoms with Crippen molar-refractivity contribution in [3.05, 3.63) is 38.8 Å². The van der Waals surface area contributed by atoms with Crippen molar-refractivity contribution in [2.45, 2.75) is 40.7 Å². The number of rotatable bonds is 4. The third-order valence-corrected chi connectivity index (χ3v) is 4.24. The van der Waals surface area contributed by atoms with Crippen LogP contribution in [0.5, 0.6) is 0 Å². The Balaban J connectivity index is 2.22. The summed E-state index contributed by atoms with van der Waals surface area (Å²) in [6.45, 7) is 8.51. The van der Waals surface area contributed by atoms with E-state index in [2.05, 4.69) is 12.0 Å². The second-order valence-corrected chi connectivity index (χ2v) is 5.78. The summed E-state index contributed by atoms with van der Waals surface area (Å²) in [5.41, 5.74) is 3.40. The highest BCUT2D eigenvalue weighted by Crippen LogP contribution is 2.18. The van der Waals surface area contributed by atoms with Crippen molar-refractivity contribution in [2.75, 3.05) is 0 Å². The Morgan fingerprint density at radius 3 is 2.56 bits per heavy atom. The van der Waals surface area contributed by atoms with E-state index in [-0.39, 0.29) is 5.78 Å². The fraction of sp³-hybridized carbons (Fsp3) is 0.429. The topological polar surface area (TPSA) is 34.9 Å². The van der Waals surface area contributed by atoms with Gasteiger partial charge in [0, 0.05) is 10.6 Å². The summed E-state index contributed by atoms with van der Waals surface area (Å²) >= 11 is 1.55. The molecule has 18 heavy (non-hydrogen) atoms. The molecule has 0 saturated carbocycles. The van der Waals surface area contributed by atoms with Crippen LogP contribution in [0.3, 0.4) is 0 Å². The number of ketones is 1. The van der Waals surface area contributed by atoms with E-state index in [1.807, 2.05) is 37.6 Å². The van der Waals surface area contributed by atoms with Crippen LogP contribution in [0.25, 0.3) is 0 Å². The summed E-state index contributed by atoms with van der Waals surface area (Å²) in [7, 11) is 0. The van der Waals surface area contributed by atoms with Gasteiger partial charge >= 0.3 is 0 Å². The number of carbonyl (C=O) groups excluding carboxylic acids is 1. The van der Waals surface area contributed by atoms with Crippen molar-refractivity contribution >= 4 is 17.1 Å². The lowest BCUT2D eigenvalue weighted by molar-refractivity contribution is 0.0970. The fourth-order valence-corrected chi connectivity index (χ4v) is 3.00. The number of aromatic nitrogens is 2. The predicted molar refractivity (Wildman–Crippen MR) is 74.5 cm³/mol. The highest BCUT2D eigenvalue weighted by atomic mass is 32.1. The number of hydrogen-bond donors (Lipinski definition) is 0. The van der Waals surface area contributed by atoms with Gasteiger partial charge in [-0.3, -0.25) is 9.48 Å². The van der Waals surface area contributed by atoms with Gasteiger partial charge in [-0.15, -0.1) is 11.3 Å². The average molecular weight is 262 g/mol. The summed E-state index contributed by atoms with van der Waals surface area (Å²) in [6.07, 6.45) is 0.962. The minimum Gasteiger partial charge on any atom is -0.291 e. The van der Waals surface area contributed by atoms with Crippen molar-refractivity contribution in [2.24, 2.45) is 0 Å². The standard InChI is InChI=1S/C14H18N2OS/c1-5-12-10(3)15-16(11(12)4)8-13(17)14-7-6-9(2)18-14/h6-7H,5,8H2,1-4H3. The summed E-state index contributed by atoms with van der Waals surface area (Å²) in [5, 5.41) is 4.45. The molecule has 4 heteroatoms. The molecule has 0 amide bonds. The Morgan fingerprint density at radius 1 is 1.33 bits per heavy atom. The first-order chi connectivity index (χ1) is 8.52. The van der Waals surface area contributed by atoms with Crippen molar-refractivity contribution in [3.8, 4) is 0 Å². The number of nitrogens with zero attached hydrogens (tertiary/aromatic N) is 2. The Hall–Kier alpha value is -1.42. The molecule has 0 aliphatic carbocycles. The van der Waals surface area contributed by atoms with E-state index in [0.29, 0.717) is 6.54 Å². The van der Waals surface area contributed by atoms with E-state index in [9.17, 15) is 4.79 Å². The first kappa shape index (κ1) is 13.0. The number of thiophene rings is 1. The second kappa shape index (κ2) is 5.06. The predicted octanol–water partition coefficient (Wildman–Crippen LogP) is 3.32. The smallest absolute Gasteiger partial charge is 0.194 e. The molecule has 0 aliphatic rings. The highest BCUT2D eigenvalue weighted by Gasteiger charge is 2.14. The molecular formula is C14H18N2OS. The van der Waals surface area contributed by atoms with Crippen LogP contribution in [0, 0.1) is 20.8 Å². The lowest BCUT2D eigenvalue weighted by Gasteiger charge is -2.03. The maximum Gasteiger partial charge on any atom is 0.194 e. The molecule has 0 radical (unpaired) electrons. The molecule has 0 aliphatic heterocycles. The molecular weight excluding hydrogens is 244 g/mol. The van der Waals surface area contributed by atoms with Gasteiger partial charge in [-0.05, 0) is 44.9 Å². The van der Waals surface area contributed by atoms with Crippen LogP contribution in [0.15, 0.2) is 12.1 Å². The van der Waals surface area contributed by atoms with Gasteiger partial charge < -0.3 is 0 Å². The monoisotopic (exact) mass is 262 g/mol. The second-order valence-electron chi connectivity index (χ2n) is 4.49. The Morgan fingerprint density at radius 2 is 2.06 bits per heavy atom. The first-order valence-corrected chi connectivity index (χ1v) is 6.97. The van der Waals surface area contributed by atoms with Crippen molar-refractivity contribution in [3.63, 3.8) is 0 Å². The van der Waals surface area contributed by atoms with Gasteiger partial charge in [0.1, 0.15) is 6.54 Å². The van der Waals surface area contributed by atoms with Gasteiger partial charge in [-0.25, -0.2) is 0 Å². The zero-order chi connectivity index (χ0) is 13.3. The third-order valence-electron chi connectivity index (χ3n) is 3.19. The van der Waals surface area contributed by atoms with Crippen LogP contribution in [-0.2, 0) is 13.0 Å². The summed E-state index contributed by atoms with van der Waals surface area (Å²) in [4.78, 5) is 14.1. The van der Waals surface area contributed by atoms with E-state index in [4.69, 9.17) is 0 Å². The molecule has 0 saturated heterocycles. The molecule has 0 fully saturated rings. The van der Waals surface area contributed by atoms with Crippen LogP contribution in [-0.4, -0.2) is 15.6 Å². The lowest BCUT2D eigenvalue weighted by atomic mass is 10.1. The maximum atomic E-state index is 12.1. The Labute approximate surface area is 111 Å². The highest BCUT2D eigenvalue weighted by molar-refractivity contribution is 7.14. The van der Waals surface area contributed by atoms with E-state index in [1.165, 1.54) is 10.4 Å². The van der Waals surface area contributed by atoms with E-state index < -0.39 is 0 Å². The molecule has 2 heterocycles. The minimum atomic E-state index is 0.140. The normalized spacial score (nSPS) is 10.9. The maximum absolute atomic E-state index is 12.1. The van der Waals surface area contributed by atoms with Gasteiger partial charge in [0.05, 0.1) is 10.6 Å². The van der Waals surface area contributed by atoms with Gasteiger partial charge in [-0.2, -0.15) is 5.10 Å². The van der Waals surface area contributed by atoms with Crippen LogP contribution in [0.2, 0.25) is 0 Å². The van der Waals surface area contributed by atoms with E-state index in [1.54, 1.807) is 11.3 Å². The molecule has 96 valence electrons. The lowest BCUT2D eigenvalue weighted by Crippen LogP contribution is -2.12. The average Bonchev–Trinajstić information content (AvgIpc) is 2.85. The summed E-state index contributed by atoms with van der Waals surface area (Å²) in [6, 6.07) is 3.88. The number of Topliss-reactive ketones (excluding diaryl/α,β-unsaturated/α-hetero) is 1. The molecule has 2 rings (SSSR count). The molecule has 0 bridgehead atoms. The van der Waals surface area contributed by atoms with Crippen LogP contribution in [0.4, 0.5) is 0 Å². The van der Waals surface area contributed by atoms with Gasteiger partial charge in [0.15, 0.2) is 5.78 Å². The number of aryl methyl sites for hydroxylation is 2. The van der Waals surface area contributed by atoms with Crippen molar-refractivity contribution in [1.29, 1.82) is 0 Å². The van der Waals surface area contributed by atoms with Gasteiger partial charge in [-0.1, -0.05) is 6.92 Å². The third kappa shape index (κ3) is 2.38. The Bertz CT molecular complexity index is 581. The zero-order valence-electron chi connectivity index (χ0n) is 11.3. The SMILES string of the molecule is CCc1c(C)nn(CC(=O)c2ccc(C)s2)c1C. The largest absolute Gasteiger partial charge is 0.291 e. The molecule has 0 atom stereocenters. The first-order valence-electron chi connectivity index (χ1n) is 6.15. The molecule has 2 aromatic rings.